The lowest BCUT2D eigenvalue weighted by atomic mass is 10.0. The standard InChI is InChI=1S/C17H30N4/c1-5-18-13-15-11-14(3)19-17(12-15)20(4)16-7-9-21(6-2)10-8-16/h11-12,16,18H,5-10,13H2,1-4H3. The number of piperidine rings is 1. The highest BCUT2D eigenvalue weighted by Crippen LogP contribution is 2.22. The van der Waals surface area contributed by atoms with Gasteiger partial charge in [-0.1, -0.05) is 13.8 Å². The number of aromatic nitrogens is 1. The first-order chi connectivity index (χ1) is 10.1. The van der Waals surface area contributed by atoms with Crippen LogP contribution in [0.15, 0.2) is 12.1 Å². The number of anilines is 1. The number of likely N-dealkylation sites (tertiary alicyclic amines) is 1. The summed E-state index contributed by atoms with van der Waals surface area (Å²) in [6.07, 6.45) is 2.48. The van der Waals surface area contributed by atoms with Crippen LogP contribution in [0.1, 0.15) is 37.9 Å². The summed E-state index contributed by atoms with van der Waals surface area (Å²) < 4.78 is 0. The number of hydrogen-bond donors (Lipinski definition) is 1. The Morgan fingerprint density at radius 2 is 2.00 bits per heavy atom. The maximum atomic E-state index is 4.74. The van der Waals surface area contributed by atoms with E-state index in [1.807, 2.05) is 0 Å². The second-order valence-corrected chi connectivity index (χ2v) is 6.03. The van der Waals surface area contributed by atoms with E-state index in [0.717, 1.165) is 24.6 Å². The number of pyridine rings is 1. The van der Waals surface area contributed by atoms with Crippen LogP contribution in [0.3, 0.4) is 0 Å². The largest absolute Gasteiger partial charge is 0.357 e. The molecule has 1 aliphatic rings. The molecule has 1 saturated heterocycles. The number of aryl methyl sites for hydroxylation is 1. The van der Waals surface area contributed by atoms with Crippen molar-refractivity contribution < 1.29 is 0 Å². The van der Waals surface area contributed by atoms with Crippen molar-refractivity contribution in [2.45, 2.75) is 46.2 Å². The summed E-state index contributed by atoms with van der Waals surface area (Å²) in [6, 6.07) is 5.04. The monoisotopic (exact) mass is 290 g/mol. The van der Waals surface area contributed by atoms with E-state index in [-0.39, 0.29) is 0 Å². The molecule has 0 spiro atoms. The average molecular weight is 290 g/mol. The summed E-state index contributed by atoms with van der Waals surface area (Å²) in [5.41, 5.74) is 2.44. The first kappa shape index (κ1) is 16.2. The fourth-order valence-corrected chi connectivity index (χ4v) is 3.08. The fourth-order valence-electron chi connectivity index (χ4n) is 3.08. The Balaban J connectivity index is 2.04. The Labute approximate surface area is 129 Å². The maximum Gasteiger partial charge on any atom is 0.129 e. The molecule has 118 valence electrons. The van der Waals surface area contributed by atoms with Gasteiger partial charge >= 0.3 is 0 Å². The Morgan fingerprint density at radius 1 is 1.29 bits per heavy atom. The quantitative estimate of drug-likeness (QED) is 0.872. The summed E-state index contributed by atoms with van der Waals surface area (Å²) in [5.74, 6) is 1.12. The predicted molar refractivity (Wildman–Crippen MR) is 89.9 cm³/mol. The van der Waals surface area contributed by atoms with Crippen molar-refractivity contribution in [3.63, 3.8) is 0 Å². The first-order valence-corrected chi connectivity index (χ1v) is 8.27. The van der Waals surface area contributed by atoms with Gasteiger partial charge in [0.1, 0.15) is 5.82 Å². The molecule has 0 bridgehead atoms. The zero-order chi connectivity index (χ0) is 15.2. The molecular formula is C17H30N4. The van der Waals surface area contributed by atoms with E-state index in [4.69, 9.17) is 4.98 Å². The van der Waals surface area contributed by atoms with Crippen molar-refractivity contribution in [2.75, 3.05) is 38.1 Å². The minimum Gasteiger partial charge on any atom is -0.357 e. The van der Waals surface area contributed by atoms with Crippen molar-refractivity contribution in [1.82, 2.24) is 15.2 Å². The van der Waals surface area contributed by atoms with E-state index in [0.29, 0.717) is 6.04 Å². The highest BCUT2D eigenvalue weighted by atomic mass is 15.2. The molecule has 1 N–H and O–H groups in total. The molecule has 0 amide bonds. The van der Waals surface area contributed by atoms with Crippen LogP contribution in [-0.2, 0) is 6.54 Å². The minimum atomic E-state index is 0.620. The second-order valence-electron chi connectivity index (χ2n) is 6.03. The average Bonchev–Trinajstić information content (AvgIpc) is 2.51. The Bertz CT molecular complexity index is 438. The van der Waals surface area contributed by atoms with Gasteiger partial charge in [0.2, 0.25) is 0 Å². The molecule has 4 nitrogen and oxygen atoms in total. The van der Waals surface area contributed by atoms with Crippen LogP contribution in [0.25, 0.3) is 0 Å². The van der Waals surface area contributed by atoms with Gasteiger partial charge in [0.25, 0.3) is 0 Å². The van der Waals surface area contributed by atoms with Crippen molar-refractivity contribution in [1.29, 1.82) is 0 Å². The van der Waals surface area contributed by atoms with Crippen molar-refractivity contribution in [2.24, 2.45) is 0 Å². The van der Waals surface area contributed by atoms with Gasteiger partial charge in [-0.15, -0.1) is 0 Å². The Morgan fingerprint density at radius 3 is 2.62 bits per heavy atom. The van der Waals surface area contributed by atoms with Gasteiger partial charge in [-0.2, -0.15) is 0 Å². The number of hydrogen-bond acceptors (Lipinski definition) is 4. The van der Waals surface area contributed by atoms with Gasteiger partial charge in [0, 0.05) is 38.4 Å². The van der Waals surface area contributed by atoms with Gasteiger partial charge in [-0.05, 0) is 50.6 Å². The van der Waals surface area contributed by atoms with Crippen LogP contribution in [0.4, 0.5) is 5.82 Å². The van der Waals surface area contributed by atoms with E-state index in [2.05, 4.69) is 55.1 Å². The molecule has 1 aromatic heterocycles. The van der Waals surface area contributed by atoms with E-state index in [1.165, 1.54) is 38.0 Å². The third-order valence-corrected chi connectivity index (χ3v) is 4.49. The fraction of sp³-hybridized carbons (Fsp3) is 0.706. The van der Waals surface area contributed by atoms with E-state index >= 15 is 0 Å². The summed E-state index contributed by atoms with van der Waals surface area (Å²) in [7, 11) is 2.20. The number of rotatable bonds is 6. The normalized spacial score (nSPS) is 17.1. The summed E-state index contributed by atoms with van der Waals surface area (Å²) in [4.78, 5) is 9.66. The maximum absolute atomic E-state index is 4.74. The van der Waals surface area contributed by atoms with E-state index in [9.17, 15) is 0 Å². The molecule has 0 atom stereocenters. The van der Waals surface area contributed by atoms with Crippen molar-refractivity contribution >= 4 is 5.82 Å². The van der Waals surface area contributed by atoms with Crippen LogP contribution in [0, 0.1) is 6.92 Å². The predicted octanol–water partition coefficient (Wildman–Crippen LogP) is 2.42. The summed E-state index contributed by atoms with van der Waals surface area (Å²) in [6.45, 7) is 12.0. The van der Waals surface area contributed by atoms with Crippen molar-refractivity contribution in [3.05, 3.63) is 23.4 Å². The molecule has 2 heterocycles. The van der Waals surface area contributed by atoms with E-state index in [1.54, 1.807) is 0 Å². The third-order valence-electron chi connectivity index (χ3n) is 4.49. The molecule has 0 aliphatic carbocycles. The van der Waals surface area contributed by atoms with Gasteiger partial charge < -0.3 is 15.1 Å². The van der Waals surface area contributed by atoms with Crippen LogP contribution in [-0.4, -0.2) is 49.2 Å². The number of nitrogens with zero attached hydrogens (tertiary/aromatic N) is 3. The third kappa shape index (κ3) is 4.42. The molecule has 4 heteroatoms. The van der Waals surface area contributed by atoms with Crippen LogP contribution in [0.2, 0.25) is 0 Å². The molecule has 1 fully saturated rings. The summed E-state index contributed by atoms with van der Waals surface area (Å²) >= 11 is 0. The van der Waals surface area contributed by atoms with Gasteiger partial charge in [0.15, 0.2) is 0 Å². The topological polar surface area (TPSA) is 31.4 Å². The van der Waals surface area contributed by atoms with Crippen molar-refractivity contribution in [3.8, 4) is 0 Å². The van der Waals surface area contributed by atoms with Crippen LogP contribution < -0.4 is 10.2 Å². The lowest BCUT2D eigenvalue weighted by Gasteiger charge is -2.37. The zero-order valence-corrected chi connectivity index (χ0v) is 14.0. The highest BCUT2D eigenvalue weighted by Gasteiger charge is 2.22. The van der Waals surface area contributed by atoms with E-state index < -0.39 is 0 Å². The molecule has 0 aromatic carbocycles. The van der Waals surface area contributed by atoms with Crippen LogP contribution >= 0.6 is 0 Å². The van der Waals surface area contributed by atoms with Gasteiger partial charge in [-0.25, -0.2) is 4.98 Å². The zero-order valence-electron chi connectivity index (χ0n) is 14.0. The Hall–Kier alpha value is -1.13. The molecule has 1 aromatic rings. The molecule has 1 aliphatic heterocycles. The van der Waals surface area contributed by atoms with Crippen LogP contribution in [0.5, 0.6) is 0 Å². The molecule has 0 radical (unpaired) electrons. The molecule has 0 saturated carbocycles. The molecular weight excluding hydrogens is 260 g/mol. The lowest BCUT2D eigenvalue weighted by Crippen LogP contribution is -2.43. The Kier molecular flexibility index (Phi) is 6.00. The number of nitrogens with one attached hydrogen (secondary N) is 1. The van der Waals surface area contributed by atoms with Gasteiger partial charge in [0.05, 0.1) is 0 Å². The SMILES string of the molecule is CCNCc1cc(C)nc(N(C)C2CCN(CC)CC2)c1. The minimum absolute atomic E-state index is 0.620. The van der Waals surface area contributed by atoms with Gasteiger partial charge in [-0.3, -0.25) is 0 Å². The molecule has 2 rings (SSSR count). The lowest BCUT2D eigenvalue weighted by molar-refractivity contribution is 0.220. The smallest absolute Gasteiger partial charge is 0.129 e. The highest BCUT2D eigenvalue weighted by molar-refractivity contribution is 5.43. The summed E-state index contributed by atoms with van der Waals surface area (Å²) in [5, 5.41) is 3.40. The first-order valence-electron chi connectivity index (χ1n) is 8.27. The molecule has 0 unspecified atom stereocenters. The second kappa shape index (κ2) is 7.76. The molecule has 21 heavy (non-hydrogen) atoms.